The lowest BCUT2D eigenvalue weighted by atomic mass is 10.2. The second-order valence-electron chi connectivity index (χ2n) is 6.28. The van der Waals surface area contributed by atoms with Gasteiger partial charge < -0.3 is 10.6 Å². The minimum absolute atomic E-state index is 0.0206. The van der Waals surface area contributed by atoms with E-state index in [-0.39, 0.29) is 23.9 Å². The summed E-state index contributed by atoms with van der Waals surface area (Å²) >= 11 is 1.45. The number of hydrogen-bond acceptors (Lipinski definition) is 6. The molecule has 0 aliphatic rings. The molecule has 29 heavy (non-hydrogen) atoms. The Morgan fingerprint density at radius 2 is 2.00 bits per heavy atom. The molecule has 0 aliphatic carbocycles. The highest BCUT2D eigenvalue weighted by atomic mass is 32.1. The Kier molecular flexibility index (Phi) is 6.35. The van der Waals surface area contributed by atoms with Gasteiger partial charge in [-0.15, -0.1) is 0 Å². The smallest absolute Gasteiger partial charge is 0.269 e. The highest BCUT2D eigenvalue weighted by Crippen LogP contribution is 2.20. The highest BCUT2D eigenvalue weighted by Gasteiger charge is 2.13. The van der Waals surface area contributed by atoms with Crippen molar-refractivity contribution in [2.75, 3.05) is 11.9 Å². The zero-order valence-corrected chi connectivity index (χ0v) is 16.4. The molecule has 0 unspecified atom stereocenters. The zero-order valence-electron chi connectivity index (χ0n) is 15.6. The zero-order chi connectivity index (χ0) is 20.8. The van der Waals surface area contributed by atoms with E-state index in [0.717, 1.165) is 0 Å². The number of carbonyl (C=O) groups is 2. The molecular weight excluding hydrogens is 394 g/mol. The number of nitrogens with one attached hydrogen (secondary N) is 2. The van der Waals surface area contributed by atoms with Crippen LogP contribution in [0.5, 0.6) is 0 Å². The minimum Gasteiger partial charge on any atom is -0.352 e. The molecule has 3 rings (SSSR count). The molecule has 0 fully saturated rings. The van der Waals surface area contributed by atoms with Crippen LogP contribution in [0, 0.1) is 17.0 Å². The van der Waals surface area contributed by atoms with E-state index < -0.39 is 4.92 Å². The molecule has 0 atom stereocenters. The van der Waals surface area contributed by atoms with E-state index in [9.17, 15) is 19.7 Å². The number of nitro groups is 1. The number of thiophene rings is 1. The molecule has 2 amide bonds. The lowest BCUT2D eigenvalue weighted by Crippen LogP contribution is -2.25. The Balaban J connectivity index is 1.55. The van der Waals surface area contributed by atoms with Crippen molar-refractivity contribution in [3.8, 4) is 5.69 Å². The number of non-ortho nitro benzene ring substituents is 1. The van der Waals surface area contributed by atoms with Gasteiger partial charge in [0.2, 0.25) is 5.91 Å². The van der Waals surface area contributed by atoms with E-state index in [1.165, 1.54) is 28.2 Å². The Hall–Kier alpha value is -3.53. The predicted molar refractivity (Wildman–Crippen MR) is 109 cm³/mol. The minimum atomic E-state index is -0.474. The molecule has 2 heterocycles. The number of hydrogen-bond donors (Lipinski definition) is 2. The van der Waals surface area contributed by atoms with Gasteiger partial charge in [-0.05, 0) is 36.9 Å². The quantitative estimate of drug-likeness (QED) is 0.334. The molecule has 2 N–H and O–H groups in total. The first-order valence-corrected chi connectivity index (χ1v) is 9.80. The molecule has 0 aliphatic heterocycles. The molecule has 2 aromatic heterocycles. The van der Waals surface area contributed by atoms with E-state index in [1.54, 1.807) is 36.6 Å². The summed E-state index contributed by atoms with van der Waals surface area (Å²) in [7, 11) is 0. The predicted octanol–water partition coefficient (Wildman–Crippen LogP) is 3.30. The van der Waals surface area contributed by atoms with Crippen LogP contribution >= 0.6 is 11.3 Å². The largest absolute Gasteiger partial charge is 0.352 e. The van der Waals surface area contributed by atoms with Gasteiger partial charge in [-0.1, -0.05) is 0 Å². The fourth-order valence-corrected chi connectivity index (χ4v) is 3.29. The van der Waals surface area contributed by atoms with Crippen LogP contribution in [0.1, 0.15) is 28.9 Å². The molecule has 0 bridgehead atoms. The standard InChI is InChI=1S/C19H19N5O4S/c1-13-11-17(23(22-13)15-4-6-16(7-5-15)24(27)28)21-18(25)3-2-9-20-19(26)14-8-10-29-12-14/h4-8,10-12H,2-3,9H2,1H3,(H,20,26)(H,21,25). The van der Waals surface area contributed by atoms with E-state index in [1.807, 2.05) is 5.38 Å². The molecule has 0 saturated heterocycles. The van der Waals surface area contributed by atoms with Gasteiger partial charge in [0.15, 0.2) is 0 Å². The van der Waals surface area contributed by atoms with Crippen LogP contribution < -0.4 is 10.6 Å². The number of aryl methyl sites for hydroxylation is 1. The maximum absolute atomic E-state index is 12.3. The Labute approximate surface area is 170 Å². The summed E-state index contributed by atoms with van der Waals surface area (Å²) in [5.74, 6) is 0.111. The van der Waals surface area contributed by atoms with Gasteiger partial charge in [0.05, 0.1) is 16.3 Å². The molecule has 0 spiro atoms. The number of aromatic nitrogens is 2. The van der Waals surface area contributed by atoms with Gasteiger partial charge in [-0.2, -0.15) is 16.4 Å². The second kappa shape index (κ2) is 9.11. The number of nitro benzene ring substituents is 1. The SMILES string of the molecule is Cc1cc(NC(=O)CCCNC(=O)c2ccsc2)n(-c2ccc([N+](=O)[O-])cc2)n1. The summed E-state index contributed by atoms with van der Waals surface area (Å²) in [6, 6.07) is 9.37. The highest BCUT2D eigenvalue weighted by molar-refractivity contribution is 7.08. The van der Waals surface area contributed by atoms with Gasteiger partial charge >= 0.3 is 0 Å². The van der Waals surface area contributed by atoms with Crippen LogP contribution in [0.3, 0.4) is 0 Å². The molecule has 9 nitrogen and oxygen atoms in total. The van der Waals surface area contributed by atoms with Crippen molar-refractivity contribution in [1.82, 2.24) is 15.1 Å². The van der Waals surface area contributed by atoms with Crippen molar-refractivity contribution in [1.29, 1.82) is 0 Å². The van der Waals surface area contributed by atoms with E-state index in [0.29, 0.717) is 35.7 Å². The van der Waals surface area contributed by atoms with E-state index in [4.69, 9.17) is 0 Å². The maximum Gasteiger partial charge on any atom is 0.269 e. The summed E-state index contributed by atoms with van der Waals surface area (Å²) in [6.07, 6.45) is 0.723. The number of carbonyl (C=O) groups excluding carboxylic acids is 2. The number of rotatable bonds is 8. The number of amides is 2. The third-order valence-corrected chi connectivity index (χ3v) is 4.74. The first kappa shape index (κ1) is 20.2. The average Bonchev–Trinajstić information content (AvgIpc) is 3.35. The van der Waals surface area contributed by atoms with Crippen molar-refractivity contribution < 1.29 is 14.5 Å². The first-order chi connectivity index (χ1) is 13.9. The van der Waals surface area contributed by atoms with Crippen LogP contribution in [0.2, 0.25) is 0 Å². The molecule has 0 saturated carbocycles. The maximum atomic E-state index is 12.3. The summed E-state index contributed by atoms with van der Waals surface area (Å²) in [4.78, 5) is 34.4. The lowest BCUT2D eigenvalue weighted by molar-refractivity contribution is -0.384. The molecular formula is C19H19N5O4S. The first-order valence-electron chi connectivity index (χ1n) is 8.86. The van der Waals surface area contributed by atoms with Gasteiger partial charge in [-0.3, -0.25) is 19.7 Å². The molecule has 150 valence electrons. The summed E-state index contributed by atoms with van der Waals surface area (Å²) in [5, 5.41) is 24.3. The van der Waals surface area contributed by atoms with Crippen molar-refractivity contribution >= 4 is 34.7 Å². The molecule has 3 aromatic rings. The second-order valence-corrected chi connectivity index (χ2v) is 7.06. The third-order valence-electron chi connectivity index (χ3n) is 4.05. The number of benzene rings is 1. The summed E-state index contributed by atoms with van der Waals surface area (Å²) in [5.41, 5.74) is 1.89. The van der Waals surface area contributed by atoms with Crippen molar-refractivity contribution in [2.24, 2.45) is 0 Å². The number of anilines is 1. The van der Waals surface area contributed by atoms with Crippen molar-refractivity contribution in [3.63, 3.8) is 0 Å². The molecule has 1 aromatic carbocycles. The van der Waals surface area contributed by atoms with Crippen LogP contribution in [0.25, 0.3) is 5.69 Å². The fourth-order valence-electron chi connectivity index (χ4n) is 2.65. The van der Waals surface area contributed by atoms with Crippen LogP contribution in [-0.4, -0.2) is 33.1 Å². The van der Waals surface area contributed by atoms with Gasteiger partial charge in [0.1, 0.15) is 5.82 Å². The van der Waals surface area contributed by atoms with Crippen LogP contribution in [-0.2, 0) is 4.79 Å². The Morgan fingerprint density at radius 1 is 1.24 bits per heavy atom. The lowest BCUT2D eigenvalue weighted by Gasteiger charge is -2.09. The van der Waals surface area contributed by atoms with E-state index in [2.05, 4.69) is 15.7 Å². The topological polar surface area (TPSA) is 119 Å². The Morgan fingerprint density at radius 3 is 2.66 bits per heavy atom. The third kappa shape index (κ3) is 5.26. The van der Waals surface area contributed by atoms with Crippen LogP contribution in [0.4, 0.5) is 11.5 Å². The normalized spacial score (nSPS) is 10.5. The van der Waals surface area contributed by atoms with Crippen molar-refractivity contribution in [2.45, 2.75) is 19.8 Å². The van der Waals surface area contributed by atoms with Gasteiger partial charge in [0, 0.05) is 42.1 Å². The summed E-state index contributed by atoms with van der Waals surface area (Å²) < 4.78 is 1.52. The molecule has 0 radical (unpaired) electrons. The van der Waals surface area contributed by atoms with E-state index >= 15 is 0 Å². The van der Waals surface area contributed by atoms with Gasteiger partial charge in [0.25, 0.3) is 11.6 Å². The fraction of sp³-hybridized carbons (Fsp3) is 0.211. The summed E-state index contributed by atoms with van der Waals surface area (Å²) in [6.45, 7) is 2.18. The monoisotopic (exact) mass is 413 g/mol. The van der Waals surface area contributed by atoms with Gasteiger partial charge in [-0.25, -0.2) is 4.68 Å². The Bertz CT molecular complexity index is 1010. The average molecular weight is 413 g/mol. The van der Waals surface area contributed by atoms with Crippen LogP contribution in [0.15, 0.2) is 47.2 Å². The number of nitrogens with zero attached hydrogens (tertiary/aromatic N) is 3. The molecule has 10 heteroatoms. The van der Waals surface area contributed by atoms with Crippen molar-refractivity contribution in [3.05, 3.63) is 68.5 Å².